The predicted octanol–water partition coefficient (Wildman–Crippen LogP) is 4.07. The zero-order valence-corrected chi connectivity index (χ0v) is 11.5. The fraction of sp³-hybridized carbons (Fsp3) is 0.143. The molecule has 0 bridgehead atoms. The van der Waals surface area contributed by atoms with Gasteiger partial charge in [0.25, 0.3) is 0 Å². The normalized spacial score (nSPS) is 10.9. The zero-order valence-electron chi connectivity index (χ0n) is 10.7. The lowest BCUT2D eigenvalue weighted by Crippen LogP contribution is -2.03. The van der Waals surface area contributed by atoms with Crippen molar-refractivity contribution in [2.24, 2.45) is 0 Å². The largest absolute Gasteiger partial charge is 0.370 e. The summed E-state index contributed by atoms with van der Waals surface area (Å²) in [5, 5.41) is 5.83. The van der Waals surface area contributed by atoms with Gasteiger partial charge in [0.05, 0.1) is 10.9 Å². The number of thiophene rings is 1. The van der Waals surface area contributed by atoms with E-state index in [2.05, 4.69) is 15.3 Å². The standard InChI is InChI=1S/C14H11F2N3S/c1-2-17-12-8-6-7-20-14(8)19-13(18-12)11-9(15)4-3-5-10(11)16/h3-7H,2H2,1H3,(H,17,18,19). The van der Waals surface area contributed by atoms with Gasteiger partial charge in [0, 0.05) is 6.54 Å². The van der Waals surface area contributed by atoms with Crippen molar-refractivity contribution in [2.45, 2.75) is 6.92 Å². The van der Waals surface area contributed by atoms with Crippen LogP contribution < -0.4 is 5.32 Å². The Morgan fingerprint density at radius 2 is 1.90 bits per heavy atom. The molecule has 0 radical (unpaired) electrons. The van der Waals surface area contributed by atoms with Crippen LogP contribution in [0.4, 0.5) is 14.6 Å². The number of hydrogen-bond acceptors (Lipinski definition) is 4. The van der Waals surface area contributed by atoms with Crippen LogP contribution in [0.3, 0.4) is 0 Å². The molecule has 20 heavy (non-hydrogen) atoms. The Hall–Kier alpha value is -2.08. The molecule has 0 aliphatic heterocycles. The maximum absolute atomic E-state index is 13.8. The molecule has 6 heteroatoms. The van der Waals surface area contributed by atoms with Crippen molar-refractivity contribution in [1.82, 2.24) is 9.97 Å². The van der Waals surface area contributed by atoms with E-state index in [1.165, 1.54) is 29.5 Å². The van der Waals surface area contributed by atoms with Gasteiger partial charge >= 0.3 is 0 Å². The summed E-state index contributed by atoms with van der Waals surface area (Å²) in [7, 11) is 0. The molecule has 2 heterocycles. The Morgan fingerprint density at radius 3 is 2.60 bits per heavy atom. The first kappa shape index (κ1) is 12.9. The van der Waals surface area contributed by atoms with Gasteiger partial charge in [0.2, 0.25) is 0 Å². The Balaban J connectivity index is 2.26. The number of halogens is 2. The minimum absolute atomic E-state index is 0.0616. The summed E-state index contributed by atoms with van der Waals surface area (Å²) >= 11 is 1.41. The average Bonchev–Trinajstić information content (AvgIpc) is 2.87. The summed E-state index contributed by atoms with van der Waals surface area (Å²) < 4.78 is 27.7. The third kappa shape index (κ3) is 2.12. The number of nitrogens with one attached hydrogen (secondary N) is 1. The van der Waals surface area contributed by atoms with Gasteiger partial charge in [-0.15, -0.1) is 11.3 Å². The van der Waals surface area contributed by atoms with E-state index in [1.54, 1.807) is 0 Å². The van der Waals surface area contributed by atoms with E-state index in [0.29, 0.717) is 17.2 Å². The van der Waals surface area contributed by atoms with Crippen molar-refractivity contribution < 1.29 is 8.78 Å². The Labute approximate surface area is 118 Å². The Kier molecular flexibility index (Phi) is 3.31. The zero-order chi connectivity index (χ0) is 14.1. The molecule has 0 aliphatic carbocycles. The Bertz CT molecular complexity index is 750. The van der Waals surface area contributed by atoms with E-state index in [4.69, 9.17) is 0 Å². The molecule has 0 atom stereocenters. The van der Waals surface area contributed by atoms with Gasteiger partial charge in [0.1, 0.15) is 22.3 Å². The lowest BCUT2D eigenvalue weighted by atomic mass is 10.2. The van der Waals surface area contributed by atoms with Crippen molar-refractivity contribution in [2.75, 3.05) is 11.9 Å². The van der Waals surface area contributed by atoms with Gasteiger partial charge in [0.15, 0.2) is 5.82 Å². The first-order valence-corrected chi connectivity index (χ1v) is 7.02. The fourth-order valence-corrected chi connectivity index (χ4v) is 2.74. The molecule has 0 fully saturated rings. The van der Waals surface area contributed by atoms with Gasteiger partial charge in [-0.25, -0.2) is 18.7 Å². The van der Waals surface area contributed by atoms with Crippen LogP contribution in [-0.2, 0) is 0 Å². The van der Waals surface area contributed by atoms with Crippen molar-refractivity contribution in [3.05, 3.63) is 41.3 Å². The third-order valence-corrected chi connectivity index (χ3v) is 3.66. The Morgan fingerprint density at radius 1 is 1.15 bits per heavy atom. The molecule has 0 aliphatic rings. The summed E-state index contributed by atoms with van der Waals surface area (Å²) in [6, 6.07) is 5.61. The number of nitrogens with zero attached hydrogens (tertiary/aromatic N) is 2. The second-order valence-electron chi connectivity index (χ2n) is 4.16. The average molecular weight is 291 g/mol. The molecule has 3 rings (SSSR count). The highest BCUT2D eigenvalue weighted by molar-refractivity contribution is 7.16. The number of rotatable bonds is 3. The van der Waals surface area contributed by atoms with E-state index < -0.39 is 11.6 Å². The van der Waals surface area contributed by atoms with Crippen molar-refractivity contribution in [3.63, 3.8) is 0 Å². The summed E-state index contributed by atoms with van der Waals surface area (Å²) in [6.45, 7) is 2.60. The SMILES string of the molecule is CCNc1nc(-c2c(F)cccc2F)nc2sccc12. The quantitative estimate of drug-likeness (QED) is 0.790. The van der Waals surface area contributed by atoms with Crippen LogP contribution in [0.1, 0.15) is 6.92 Å². The summed E-state index contributed by atoms with van der Waals surface area (Å²) in [4.78, 5) is 9.22. The van der Waals surface area contributed by atoms with E-state index in [0.717, 1.165) is 5.39 Å². The van der Waals surface area contributed by atoms with E-state index >= 15 is 0 Å². The van der Waals surface area contributed by atoms with Crippen molar-refractivity contribution >= 4 is 27.4 Å². The summed E-state index contributed by atoms with van der Waals surface area (Å²) in [6.07, 6.45) is 0. The lowest BCUT2D eigenvalue weighted by molar-refractivity contribution is 0.587. The minimum Gasteiger partial charge on any atom is -0.370 e. The number of hydrogen-bond donors (Lipinski definition) is 1. The first-order valence-electron chi connectivity index (χ1n) is 6.14. The van der Waals surface area contributed by atoms with Crippen LogP contribution in [-0.4, -0.2) is 16.5 Å². The molecule has 0 saturated heterocycles. The molecular weight excluding hydrogens is 280 g/mol. The molecular formula is C14H11F2N3S. The molecule has 3 aromatic rings. The van der Waals surface area contributed by atoms with E-state index in [-0.39, 0.29) is 11.4 Å². The highest BCUT2D eigenvalue weighted by atomic mass is 32.1. The van der Waals surface area contributed by atoms with E-state index in [1.807, 2.05) is 18.4 Å². The maximum atomic E-state index is 13.8. The molecule has 1 aromatic carbocycles. The minimum atomic E-state index is -0.664. The van der Waals surface area contributed by atoms with Crippen molar-refractivity contribution in [1.29, 1.82) is 0 Å². The molecule has 1 N–H and O–H groups in total. The van der Waals surface area contributed by atoms with E-state index in [9.17, 15) is 8.78 Å². The smallest absolute Gasteiger partial charge is 0.169 e. The topological polar surface area (TPSA) is 37.8 Å². The van der Waals surface area contributed by atoms with Crippen LogP contribution in [0.15, 0.2) is 29.6 Å². The van der Waals surface area contributed by atoms with Crippen LogP contribution in [0.2, 0.25) is 0 Å². The fourth-order valence-electron chi connectivity index (χ4n) is 1.98. The second-order valence-corrected chi connectivity index (χ2v) is 5.06. The number of benzene rings is 1. The van der Waals surface area contributed by atoms with Crippen LogP contribution >= 0.6 is 11.3 Å². The molecule has 0 amide bonds. The monoisotopic (exact) mass is 291 g/mol. The maximum Gasteiger partial charge on any atom is 0.169 e. The lowest BCUT2D eigenvalue weighted by Gasteiger charge is -2.08. The van der Waals surface area contributed by atoms with Crippen molar-refractivity contribution in [3.8, 4) is 11.4 Å². The number of anilines is 1. The van der Waals surface area contributed by atoms with Crippen LogP contribution in [0.25, 0.3) is 21.6 Å². The molecule has 0 spiro atoms. The molecule has 0 saturated carbocycles. The molecule has 102 valence electrons. The highest BCUT2D eigenvalue weighted by Gasteiger charge is 2.16. The molecule has 2 aromatic heterocycles. The number of aromatic nitrogens is 2. The summed E-state index contributed by atoms with van der Waals surface area (Å²) in [5.74, 6) is -0.672. The first-order chi connectivity index (χ1) is 9.70. The third-order valence-electron chi connectivity index (χ3n) is 2.86. The van der Waals surface area contributed by atoms with Gasteiger partial charge in [-0.05, 0) is 30.5 Å². The predicted molar refractivity (Wildman–Crippen MR) is 76.9 cm³/mol. The number of fused-ring (bicyclic) bond motifs is 1. The van der Waals surface area contributed by atoms with Crippen LogP contribution in [0, 0.1) is 11.6 Å². The van der Waals surface area contributed by atoms with Gasteiger partial charge in [-0.2, -0.15) is 0 Å². The molecule has 3 nitrogen and oxygen atoms in total. The summed E-state index contributed by atoms with van der Waals surface area (Å²) in [5.41, 5.74) is -0.193. The van der Waals surface area contributed by atoms with Gasteiger partial charge < -0.3 is 5.32 Å². The molecule has 0 unspecified atom stereocenters. The van der Waals surface area contributed by atoms with Gasteiger partial charge in [-0.3, -0.25) is 0 Å². The second kappa shape index (κ2) is 5.13. The highest BCUT2D eigenvalue weighted by Crippen LogP contribution is 2.30. The van der Waals surface area contributed by atoms with Crippen LogP contribution in [0.5, 0.6) is 0 Å². The van der Waals surface area contributed by atoms with Gasteiger partial charge in [-0.1, -0.05) is 6.07 Å².